The molecular weight excluding hydrogens is 254 g/mol. The van der Waals surface area contributed by atoms with Gasteiger partial charge >= 0.3 is 0 Å². The Morgan fingerprint density at radius 1 is 1.53 bits per heavy atom. The minimum Gasteiger partial charge on any atom is -0.485 e. The second kappa shape index (κ2) is 7.03. The third-order valence-corrected chi connectivity index (χ3v) is 3.89. The topological polar surface area (TPSA) is 21.6 Å². The molecule has 3 heteroatoms. The molecule has 1 heterocycles. The van der Waals surface area contributed by atoms with Crippen molar-refractivity contribution < 1.29 is 6.16 Å². The zero-order valence-electron chi connectivity index (χ0n) is 11.7. The van der Waals surface area contributed by atoms with Gasteiger partial charge in [-0.25, -0.2) is 4.99 Å². The molecular formula is C16H21NOS. The van der Waals surface area contributed by atoms with Gasteiger partial charge in [-0.05, 0) is 31.9 Å². The smallest absolute Gasteiger partial charge is 0.175 e. The van der Waals surface area contributed by atoms with Crippen LogP contribution < -0.4 is 0 Å². The van der Waals surface area contributed by atoms with Crippen LogP contribution in [0.25, 0.3) is 0 Å². The molecule has 0 fully saturated rings. The Balaban J connectivity index is 0.00000361. The zero-order chi connectivity index (χ0) is 14.4. The standard InChI is InChI=1S/C16H19NOS.H2/c1-7-11(5)14-12(6)15(13(8-2)18-10-4)19-16(14)17-9-3;/h7,9H,1-3,10H2,4-6H3;1H/b14-11+,17-16?;. The van der Waals surface area contributed by atoms with Crippen LogP contribution in [-0.4, -0.2) is 11.7 Å². The molecule has 1 rings (SSSR count). The summed E-state index contributed by atoms with van der Waals surface area (Å²) in [4.78, 5) is 5.34. The van der Waals surface area contributed by atoms with Crippen molar-refractivity contribution in [1.29, 1.82) is 0 Å². The maximum atomic E-state index is 5.57. The summed E-state index contributed by atoms with van der Waals surface area (Å²) in [6, 6.07) is 0. The molecule has 0 saturated carbocycles. The van der Waals surface area contributed by atoms with Gasteiger partial charge in [-0.15, -0.1) is 0 Å². The number of thioether (sulfide) groups is 1. The largest absolute Gasteiger partial charge is 0.485 e. The van der Waals surface area contributed by atoms with E-state index in [0.29, 0.717) is 12.4 Å². The Kier molecular flexibility index (Phi) is 5.68. The molecule has 0 unspecified atom stereocenters. The van der Waals surface area contributed by atoms with Crippen molar-refractivity contribution in [2.45, 2.75) is 20.8 Å². The fraction of sp³-hybridized carbons (Fsp3) is 0.250. The highest BCUT2D eigenvalue weighted by molar-refractivity contribution is 8.18. The Morgan fingerprint density at radius 2 is 2.21 bits per heavy atom. The third kappa shape index (κ3) is 3.19. The van der Waals surface area contributed by atoms with E-state index in [1.54, 1.807) is 18.0 Å². The third-order valence-electron chi connectivity index (χ3n) is 2.69. The number of ether oxygens (including phenoxy) is 1. The van der Waals surface area contributed by atoms with Crippen molar-refractivity contribution >= 4 is 16.8 Å². The minimum absolute atomic E-state index is 0. The molecule has 0 atom stereocenters. The van der Waals surface area contributed by atoms with Gasteiger partial charge in [-0.3, -0.25) is 0 Å². The Hall–Kier alpha value is -1.70. The van der Waals surface area contributed by atoms with Crippen LogP contribution in [0.15, 0.2) is 70.1 Å². The molecule has 0 bridgehead atoms. The highest BCUT2D eigenvalue weighted by Crippen LogP contribution is 2.43. The molecule has 0 aliphatic carbocycles. The Labute approximate surface area is 121 Å². The predicted molar refractivity (Wildman–Crippen MR) is 87.2 cm³/mol. The lowest BCUT2D eigenvalue weighted by Crippen LogP contribution is -1.95. The molecule has 0 N–H and O–H groups in total. The summed E-state index contributed by atoms with van der Waals surface area (Å²) in [7, 11) is 0. The molecule has 0 amide bonds. The average Bonchev–Trinajstić information content (AvgIpc) is 2.72. The van der Waals surface area contributed by atoms with Crippen molar-refractivity contribution in [2.24, 2.45) is 4.99 Å². The van der Waals surface area contributed by atoms with E-state index in [9.17, 15) is 0 Å². The number of hydrogen-bond donors (Lipinski definition) is 0. The van der Waals surface area contributed by atoms with E-state index >= 15 is 0 Å². The Bertz CT molecular complexity index is 549. The van der Waals surface area contributed by atoms with Gasteiger partial charge in [-0.1, -0.05) is 43.3 Å². The molecule has 0 aromatic carbocycles. The van der Waals surface area contributed by atoms with E-state index in [-0.39, 0.29) is 1.43 Å². The summed E-state index contributed by atoms with van der Waals surface area (Å²) >= 11 is 1.56. The fourth-order valence-electron chi connectivity index (χ4n) is 1.80. The summed E-state index contributed by atoms with van der Waals surface area (Å²) in [6.07, 6.45) is 3.38. The van der Waals surface area contributed by atoms with Crippen LogP contribution in [0, 0.1) is 0 Å². The second-order valence-electron chi connectivity index (χ2n) is 3.87. The minimum atomic E-state index is 0. The molecule has 2 nitrogen and oxygen atoms in total. The SMILES string of the molecule is C=C=C(OCC)C1=C(C)/C(=C(/C)C=C)C(=NC=C)S1.[HH]. The lowest BCUT2D eigenvalue weighted by Gasteiger charge is -2.06. The monoisotopic (exact) mass is 275 g/mol. The molecule has 0 aromatic heterocycles. The highest BCUT2D eigenvalue weighted by Gasteiger charge is 2.27. The summed E-state index contributed by atoms with van der Waals surface area (Å²) in [6.45, 7) is 17.8. The highest BCUT2D eigenvalue weighted by atomic mass is 32.2. The first-order valence-electron chi connectivity index (χ1n) is 6.05. The van der Waals surface area contributed by atoms with E-state index in [0.717, 1.165) is 26.7 Å². The van der Waals surface area contributed by atoms with Crippen molar-refractivity contribution in [1.82, 2.24) is 0 Å². The number of nitrogens with zero attached hydrogens (tertiary/aromatic N) is 1. The van der Waals surface area contributed by atoms with Crippen LogP contribution in [-0.2, 0) is 4.74 Å². The van der Waals surface area contributed by atoms with Crippen molar-refractivity contribution in [3.8, 4) is 0 Å². The summed E-state index contributed by atoms with van der Waals surface area (Å²) in [5, 5.41) is 0.910. The van der Waals surface area contributed by atoms with Gasteiger partial charge in [0.1, 0.15) is 5.04 Å². The van der Waals surface area contributed by atoms with Crippen LogP contribution in [0.3, 0.4) is 0 Å². The molecule has 102 valence electrons. The summed E-state index contributed by atoms with van der Waals surface area (Å²) in [5.41, 5.74) is 6.13. The second-order valence-corrected chi connectivity index (χ2v) is 4.87. The molecule has 0 radical (unpaired) electrons. The maximum absolute atomic E-state index is 5.57. The molecule has 0 aromatic rings. The molecule has 1 aliphatic heterocycles. The van der Waals surface area contributed by atoms with Crippen molar-refractivity contribution in [2.75, 3.05) is 6.61 Å². The predicted octanol–water partition coefficient (Wildman–Crippen LogP) is 5.00. The maximum Gasteiger partial charge on any atom is 0.175 e. The molecule has 19 heavy (non-hydrogen) atoms. The summed E-state index contributed by atoms with van der Waals surface area (Å²) in [5.74, 6) is 0.675. The first-order chi connectivity index (χ1) is 9.10. The van der Waals surface area contributed by atoms with Gasteiger partial charge in [-0.2, -0.15) is 0 Å². The van der Waals surface area contributed by atoms with Gasteiger partial charge in [0.25, 0.3) is 0 Å². The normalized spacial score (nSPS) is 19.2. The van der Waals surface area contributed by atoms with E-state index in [4.69, 9.17) is 4.74 Å². The molecule has 0 saturated heterocycles. The van der Waals surface area contributed by atoms with Gasteiger partial charge < -0.3 is 4.74 Å². The van der Waals surface area contributed by atoms with Gasteiger partial charge in [0.05, 0.1) is 11.5 Å². The van der Waals surface area contributed by atoms with Crippen LogP contribution in [0.1, 0.15) is 22.2 Å². The fourth-order valence-corrected chi connectivity index (χ4v) is 3.01. The molecule has 1 aliphatic rings. The van der Waals surface area contributed by atoms with Crippen molar-refractivity contribution in [3.05, 3.63) is 65.1 Å². The van der Waals surface area contributed by atoms with Crippen LogP contribution >= 0.6 is 11.8 Å². The van der Waals surface area contributed by atoms with Crippen LogP contribution in [0.4, 0.5) is 0 Å². The molecule has 0 spiro atoms. The van der Waals surface area contributed by atoms with E-state index < -0.39 is 0 Å². The lowest BCUT2D eigenvalue weighted by molar-refractivity contribution is 0.242. The number of rotatable bonds is 5. The van der Waals surface area contributed by atoms with Gasteiger partial charge in [0.15, 0.2) is 5.76 Å². The zero-order valence-corrected chi connectivity index (χ0v) is 12.6. The first kappa shape index (κ1) is 15.4. The first-order valence-corrected chi connectivity index (χ1v) is 6.87. The van der Waals surface area contributed by atoms with E-state index in [1.807, 2.05) is 26.8 Å². The van der Waals surface area contributed by atoms with Gasteiger partial charge in [0.2, 0.25) is 0 Å². The van der Waals surface area contributed by atoms with Crippen molar-refractivity contribution in [3.63, 3.8) is 0 Å². The number of allylic oxidation sites excluding steroid dienone is 3. The average molecular weight is 275 g/mol. The van der Waals surface area contributed by atoms with E-state index in [2.05, 4.69) is 30.5 Å². The number of hydrogen-bond acceptors (Lipinski definition) is 3. The Morgan fingerprint density at radius 3 is 2.68 bits per heavy atom. The van der Waals surface area contributed by atoms with Crippen LogP contribution in [0.2, 0.25) is 0 Å². The quantitative estimate of drug-likeness (QED) is 0.520. The van der Waals surface area contributed by atoms with Gasteiger partial charge in [0, 0.05) is 13.2 Å². The van der Waals surface area contributed by atoms with Crippen LogP contribution in [0.5, 0.6) is 0 Å². The lowest BCUT2D eigenvalue weighted by atomic mass is 10.0. The number of aliphatic imine (C=N–C) groups is 1. The summed E-state index contributed by atoms with van der Waals surface area (Å²) < 4.78 is 5.57. The van der Waals surface area contributed by atoms with E-state index in [1.165, 1.54) is 0 Å².